The minimum absolute atomic E-state index is 0.281. The molecule has 0 radical (unpaired) electrons. The van der Waals surface area contributed by atoms with Crippen molar-refractivity contribution in [1.29, 1.82) is 0 Å². The van der Waals surface area contributed by atoms with Gasteiger partial charge in [0, 0.05) is 12.3 Å². The Balaban J connectivity index is 1.78. The Kier molecular flexibility index (Phi) is 4.65. The molecule has 0 aliphatic carbocycles. The number of amides is 1. The highest BCUT2D eigenvalue weighted by Gasteiger charge is 2.12. The fourth-order valence-electron chi connectivity index (χ4n) is 2.32. The Labute approximate surface area is 145 Å². The number of aryl methyl sites for hydroxylation is 2. The zero-order valence-electron chi connectivity index (χ0n) is 14.2. The van der Waals surface area contributed by atoms with Crippen molar-refractivity contribution in [2.45, 2.75) is 13.8 Å². The number of anilines is 3. The molecule has 128 valence electrons. The van der Waals surface area contributed by atoms with Gasteiger partial charge in [0.2, 0.25) is 0 Å². The number of nitrogens with one attached hydrogen (secondary N) is 2. The molecule has 0 bridgehead atoms. The van der Waals surface area contributed by atoms with Crippen LogP contribution in [-0.2, 0) is 0 Å². The lowest BCUT2D eigenvalue weighted by Crippen LogP contribution is -2.13. The minimum Gasteiger partial charge on any atom is -0.495 e. The molecule has 0 aliphatic heterocycles. The molecule has 2 N–H and O–H groups in total. The summed E-state index contributed by atoms with van der Waals surface area (Å²) < 4.78 is 10.3. The van der Waals surface area contributed by atoms with Gasteiger partial charge in [0.1, 0.15) is 11.5 Å². The van der Waals surface area contributed by atoms with Crippen LogP contribution in [0.25, 0.3) is 0 Å². The first kappa shape index (κ1) is 16.5. The number of rotatable bonds is 5. The van der Waals surface area contributed by atoms with E-state index in [0.717, 1.165) is 5.56 Å². The molecule has 0 saturated carbocycles. The van der Waals surface area contributed by atoms with Gasteiger partial charge < -0.3 is 19.9 Å². The maximum atomic E-state index is 12.5. The topological polar surface area (TPSA) is 89.3 Å². The third-order valence-electron chi connectivity index (χ3n) is 3.50. The van der Waals surface area contributed by atoms with Crippen molar-refractivity contribution in [2.24, 2.45) is 0 Å². The first-order valence-corrected chi connectivity index (χ1v) is 7.66. The number of methoxy groups -OCH3 is 1. The van der Waals surface area contributed by atoms with Crippen molar-refractivity contribution in [1.82, 2.24) is 10.1 Å². The molecule has 2 heterocycles. The second kappa shape index (κ2) is 7.04. The normalized spacial score (nSPS) is 10.4. The number of ether oxygens (including phenoxy) is 1. The van der Waals surface area contributed by atoms with Gasteiger partial charge in [-0.2, -0.15) is 0 Å². The summed E-state index contributed by atoms with van der Waals surface area (Å²) in [5, 5.41) is 9.75. The molecule has 0 aliphatic rings. The van der Waals surface area contributed by atoms with Crippen LogP contribution in [0.1, 0.15) is 21.7 Å². The quantitative estimate of drug-likeness (QED) is 0.737. The van der Waals surface area contributed by atoms with Gasteiger partial charge in [0.15, 0.2) is 5.82 Å². The van der Waals surface area contributed by atoms with E-state index < -0.39 is 0 Å². The van der Waals surface area contributed by atoms with Crippen molar-refractivity contribution >= 4 is 23.1 Å². The number of carbonyl (C=O) groups excluding carboxylic acids is 1. The largest absolute Gasteiger partial charge is 0.495 e. The van der Waals surface area contributed by atoms with Gasteiger partial charge in [0.25, 0.3) is 5.91 Å². The van der Waals surface area contributed by atoms with Crippen LogP contribution in [0.5, 0.6) is 5.75 Å². The standard InChI is InChI=1S/C18H18N4O3/c1-11-4-5-16(24-3)15(6-11)21-18(23)13-8-14(10-19-9-13)20-17-7-12(2)25-22-17/h4-10H,1-3H3,(H,20,22)(H,21,23). The second-order valence-corrected chi connectivity index (χ2v) is 5.57. The molecule has 1 aromatic carbocycles. The Bertz CT molecular complexity index is 905. The predicted molar refractivity (Wildman–Crippen MR) is 94.4 cm³/mol. The van der Waals surface area contributed by atoms with Gasteiger partial charge in [-0.1, -0.05) is 11.2 Å². The highest BCUT2D eigenvalue weighted by Crippen LogP contribution is 2.26. The molecule has 0 fully saturated rings. The summed E-state index contributed by atoms with van der Waals surface area (Å²) in [7, 11) is 1.56. The summed E-state index contributed by atoms with van der Waals surface area (Å²) in [5.41, 5.74) is 2.68. The summed E-state index contributed by atoms with van der Waals surface area (Å²) >= 11 is 0. The average Bonchev–Trinajstić information content (AvgIpc) is 3.00. The lowest BCUT2D eigenvalue weighted by molar-refractivity contribution is 0.102. The summed E-state index contributed by atoms with van der Waals surface area (Å²) in [5.74, 6) is 1.56. The van der Waals surface area contributed by atoms with E-state index in [-0.39, 0.29) is 5.91 Å². The van der Waals surface area contributed by atoms with Gasteiger partial charge in [-0.3, -0.25) is 9.78 Å². The number of aromatic nitrogens is 2. The molecule has 0 unspecified atom stereocenters. The molecular formula is C18H18N4O3. The van der Waals surface area contributed by atoms with Crippen LogP contribution in [0, 0.1) is 13.8 Å². The highest BCUT2D eigenvalue weighted by atomic mass is 16.5. The van der Waals surface area contributed by atoms with E-state index in [0.29, 0.717) is 34.3 Å². The van der Waals surface area contributed by atoms with Gasteiger partial charge in [-0.15, -0.1) is 0 Å². The fourth-order valence-corrected chi connectivity index (χ4v) is 2.32. The zero-order chi connectivity index (χ0) is 17.8. The Morgan fingerprint density at radius 1 is 1.16 bits per heavy atom. The van der Waals surface area contributed by atoms with E-state index in [9.17, 15) is 4.79 Å². The van der Waals surface area contributed by atoms with Crippen molar-refractivity contribution < 1.29 is 14.1 Å². The average molecular weight is 338 g/mol. The van der Waals surface area contributed by atoms with Gasteiger partial charge >= 0.3 is 0 Å². The fraction of sp³-hybridized carbons (Fsp3) is 0.167. The third-order valence-corrected chi connectivity index (χ3v) is 3.50. The zero-order valence-corrected chi connectivity index (χ0v) is 14.2. The van der Waals surface area contributed by atoms with Gasteiger partial charge in [-0.05, 0) is 37.6 Å². The SMILES string of the molecule is COc1ccc(C)cc1NC(=O)c1cncc(Nc2cc(C)on2)c1. The Morgan fingerprint density at radius 2 is 2.00 bits per heavy atom. The molecule has 3 aromatic rings. The molecule has 0 atom stereocenters. The van der Waals surface area contributed by atoms with Crippen molar-refractivity contribution in [2.75, 3.05) is 17.7 Å². The molecule has 7 nitrogen and oxygen atoms in total. The number of pyridine rings is 1. The van der Waals surface area contributed by atoms with Crippen LogP contribution in [0.15, 0.2) is 47.2 Å². The van der Waals surface area contributed by atoms with E-state index in [4.69, 9.17) is 9.26 Å². The van der Waals surface area contributed by atoms with Crippen molar-refractivity contribution in [3.8, 4) is 5.75 Å². The summed E-state index contributed by atoms with van der Waals surface area (Å²) in [4.78, 5) is 16.6. The lowest BCUT2D eigenvalue weighted by Gasteiger charge is -2.11. The molecular weight excluding hydrogens is 320 g/mol. The lowest BCUT2D eigenvalue weighted by atomic mass is 10.2. The molecule has 3 rings (SSSR count). The number of benzene rings is 1. The second-order valence-electron chi connectivity index (χ2n) is 5.57. The van der Waals surface area contributed by atoms with Crippen LogP contribution in [-0.4, -0.2) is 23.2 Å². The number of hydrogen-bond donors (Lipinski definition) is 2. The number of carbonyl (C=O) groups is 1. The van der Waals surface area contributed by atoms with E-state index >= 15 is 0 Å². The summed E-state index contributed by atoms with van der Waals surface area (Å²) in [6.07, 6.45) is 3.10. The first-order valence-electron chi connectivity index (χ1n) is 7.66. The van der Waals surface area contributed by atoms with Crippen LogP contribution in [0.4, 0.5) is 17.2 Å². The van der Waals surface area contributed by atoms with Crippen molar-refractivity contribution in [3.05, 3.63) is 59.6 Å². The Morgan fingerprint density at radius 3 is 2.72 bits per heavy atom. The summed E-state index contributed by atoms with van der Waals surface area (Å²) in [6, 6.07) is 9.03. The van der Waals surface area contributed by atoms with Crippen LogP contribution in [0.2, 0.25) is 0 Å². The Hall–Kier alpha value is -3.35. The predicted octanol–water partition coefficient (Wildman–Crippen LogP) is 3.69. The maximum absolute atomic E-state index is 12.5. The van der Waals surface area contributed by atoms with E-state index in [1.807, 2.05) is 25.1 Å². The van der Waals surface area contributed by atoms with Gasteiger partial charge in [-0.25, -0.2) is 0 Å². The minimum atomic E-state index is -0.281. The summed E-state index contributed by atoms with van der Waals surface area (Å²) in [6.45, 7) is 3.75. The molecule has 0 spiro atoms. The molecule has 2 aromatic heterocycles. The third kappa shape index (κ3) is 3.95. The van der Waals surface area contributed by atoms with E-state index in [1.54, 1.807) is 32.4 Å². The number of hydrogen-bond acceptors (Lipinski definition) is 6. The molecule has 1 amide bonds. The number of nitrogens with zero attached hydrogens (tertiary/aromatic N) is 2. The van der Waals surface area contributed by atoms with Crippen LogP contribution < -0.4 is 15.4 Å². The highest BCUT2D eigenvalue weighted by molar-refractivity contribution is 6.05. The van der Waals surface area contributed by atoms with Crippen LogP contribution in [0.3, 0.4) is 0 Å². The smallest absolute Gasteiger partial charge is 0.257 e. The maximum Gasteiger partial charge on any atom is 0.257 e. The van der Waals surface area contributed by atoms with E-state index in [1.165, 1.54) is 6.20 Å². The monoisotopic (exact) mass is 338 g/mol. The van der Waals surface area contributed by atoms with Gasteiger partial charge in [0.05, 0.1) is 30.2 Å². The molecule has 0 saturated heterocycles. The van der Waals surface area contributed by atoms with E-state index in [2.05, 4.69) is 20.8 Å². The molecule has 25 heavy (non-hydrogen) atoms. The first-order chi connectivity index (χ1) is 12.0. The van der Waals surface area contributed by atoms with Crippen LogP contribution >= 0.6 is 0 Å². The van der Waals surface area contributed by atoms with Crippen molar-refractivity contribution in [3.63, 3.8) is 0 Å². The molecule has 7 heteroatoms.